The van der Waals surface area contributed by atoms with E-state index in [9.17, 15) is 14.7 Å². The monoisotopic (exact) mass is 504 g/mol. The summed E-state index contributed by atoms with van der Waals surface area (Å²) in [6.45, 7) is 3.86. The molecule has 36 heavy (non-hydrogen) atoms. The van der Waals surface area contributed by atoms with E-state index in [4.69, 9.17) is 9.47 Å². The zero-order chi connectivity index (χ0) is 25.7. The number of esters is 1. The molecule has 0 fully saturated rings. The molecule has 2 heterocycles. The summed E-state index contributed by atoms with van der Waals surface area (Å²) < 4.78 is 10.7. The number of nitrogens with zero attached hydrogens (tertiary/aromatic N) is 2. The Morgan fingerprint density at radius 1 is 1.11 bits per heavy atom. The van der Waals surface area contributed by atoms with E-state index in [1.54, 1.807) is 32.4 Å². The molecule has 1 aliphatic rings. The summed E-state index contributed by atoms with van der Waals surface area (Å²) in [5.74, 6) is 0.299. The van der Waals surface area contributed by atoms with Crippen LogP contribution in [0.2, 0.25) is 0 Å². The van der Waals surface area contributed by atoms with Crippen LogP contribution >= 0.6 is 11.8 Å². The highest BCUT2D eigenvalue weighted by Crippen LogP contribution is 2.29. The van der Waals surface area contributed by atoms with Crippen LogP contribution in [0.3, 0.4) is 0 Å². The molecule has 1 aliphatic heterocycles. The Labute approximate surface area is 214 Å². The summed E-state index contributed by atoms with van der Waals surface area (Å²) in [5.41, 5.74) is 1.21. The van der Waals surface area contributed by atoms with Crippen molar-refractivity contribution < 1.29 is 24.2 Å². The van der Waals surface area contributed by atoms with Crippen LogP contribution in [-0.2, 0) is 9.59 Å². The Hall–Kier alpha value is -3.49. The molecule has 2 unspecified atom stereocenters. The molecule has 8 heteroatoms. The van der Waals surface area contributed by atoms with E-state index in [2.05, 4.69) is 9.98 Å². The minimum Gasteiger partial charge on any atom is -0.497 e. The molecule has 1 N–H and O–H groups in total. The van der Waals surface area contributed by atoms with Gasteiger partial charge in [0.15, 0.2) is 0 Å². The zero-order valence-electron chi connectivity index (χ0n) is 20.4. The van der Waals surface area contributed by atoms with Crippen molar-refractivity contribution in [2.75, 3.05) is 13.7 Å². The second kappa shape index (κ2) is 11.5. The number of methoxy groups -OCH3 is 1. The lowest BCUT2D eigenvalue weighted by Crippen LogP contribution is -2.18. The van der Waals surface area contributed by atoms with E-state index in [0.29, 0.717) is 17.0 Å². The van der Waals surface area contributed by atoms with Crippen LogP contribution in [0.1, 0.15) is 31.7 Å². The Morgan fingerprint density at radius 3 is 2.61 bits per heavy atom. The van der Waals surface area contributed by atoms with E-state index in [1.807, 2.05) is 49.4 Å². The average molecular weight is 505 g/mol. The minimum atomic E-state index is -0.487. The van der Waals surface area contributed by atoms with Gasteiger partial charge < -0.3 is 14.6 Å². The van der Waals surface area contributed by atoms with Gasteiger partial charge in [-0.05, 0) is 71.5 Å². The number of aliphatic hydroxyl groups excluding tert-OH is 1. The molecule has 0 spiro atoms. The fourth-order valence-corrected chi connectivity index (χ4v) is 4.62. The van der Waals surface area contributed by atoms with Gasteiger partial charge in [0.2, 0.25) is 11.0 Å². The van der Waals surface area contributed by atoms with Gasteiger partial charge >= 0.3 is 5.97 Å². The third kappa shape index (κ3) is 6.01. The van der Waals surface area contributed by atoms with E-state index in [-0.39, 0.29) is 29.4 Å². The number of benzene rings is 2. The van der Waals surface area contributed by atoms with Gasteiger partial charge in [0.25, 0.3) is 0 Å². The maximum atomic E-state index is 12.7. The molecule has 0 saturated heterocycles. The Morgan fingerprint density at radius 2 is 1.89 bits per heavy atom. The summed E-state index contributed by atoms with van der Waals surface area (Å²) in [7, 11) is 1.63. The highest BCUT2D eigenvalue weighted by molar-refractivity contribution is 8.14. The van der Waals surface area contributed by atoms with Crippen LogP contribution in [0.25, 0.3) is 10.8 Å². The predicted octanol–water partition coefficient (Wildman–Crippen LogP) is 5.17. The highest BCUT2D eigenvalue weighted by atomic mass is 32.2. The van der Waals surface area contributed by atoms with Gasteiger partial charge in [-0.15, -0.1) is 0 Å². The number of allylic oxidation sites excluding steroid dienone is 1. The fraction of sp³-hybridized carbons (Fsp3) is 0.286. The number of fused-ring (bicyclic) bond motifs is 1. The lowest BCUT2D eigenvalue weighted by atomic mass is 9.89. The number of aliphatic hydroxyl groups is 1. The molecular formula is C28H28N2O5S. The summed E-state index contributed by atoms with van der Waals surface area (Å²) >= 11 is 1.01. The maximum absolute atomic E-state index is 12.7. The fourth-order valence-electron chi connectivity index (χ4n) is 3.93. The second-order valence-corrected chi connectivity index (χ2v) is 9.75. The van der Waals surface area contributed by atoms with Gasteiger partial charge in [0.05, 0.1) is 13.0 Å². The van der Waals surface area contributed by atoms with Crippen LogP contribution in [0.15, 0.2) is 76.4 Å². The SMILES string of the molecule is COc1ccc2cc([C@H](C)C(=O)Oc3ccc(SC(=O)C4=CC(CCO)C(C)C=N4)cn3)ccc2c1. The first-order chi connectivity index (χ1) is 17.4. The van der Waals surface area contributed by atoms with E-state index in [0.717, 1.165) is 33.8 Å². The summed E-state index contributed by atoms with van der Waals surface area (Å²) in [6.07, 6.45) is 5.66. The van der Waals surface area contributed by atoms with Gasteiger partial charge in [0.1, 0.15) is 11.4 Å². The van der Waals surface area contributed by atoms with Crippen molar-refractivity contribution in [1.82, 2.24) is 4.98 Å². The second-order valence-electron chi connectivity index (χ2n) is 8.70. The molecule has 4 rings (SSSR count). The summed E-state index contributed by atoms with van der Waals surface area (Å²) in [5, 5.41) is 11.1. The number of rotatable bonds is 8. The standard InChI is InChI=1S/C28H28N2O5S/c1-17-15-29-25(14-19(17)10-11-31)28(33)36-24-8-9-26(30-16-24)35-27(32)18(2)20-4-5-22-13-23(34-3)7-6-21(22)12-20/h4-9,12-19,31H,10-11H2,1-3H3/t17?,18-,19?/m0/s1. The molecule has 3 aromatic rings. The van der Waals surface area contributed by atoms with E-state index in [1.165, 1.54) is 6.20 Å². The zero-order valence-corrected chi connectivity index (χ0v) is 21.2. The Bertz CT molecular complexity index is 1320. The van der Waals surface area contributed by atoms with Gasteiger partial charge in [-0.1, -0.05) is 37.3 Å². The van der Waals surface area contributed by atoms with Gasteiger partial charge in [-0.3, -0.25) is 14.6 Å². The topological polar surface area (TPSA) is 98.1 Å². The number of pyridine rings is 1. The average Bonchev–Trinajstić information content (AvgIpc) is 2.90. The van der Waals surface area contributed by atoms with Crippen LogP contribution in [0.4, 0.5) is 0 Å². The molecule has 1 aromatic heterocycles. The van der Waals surface area contributed by atoms with Crippen molar-refractivity contribution in [3.05, 3.63) is 72.1 Å². The molecule has 2 aromatic carbocycles. The first-order valence-corrected chi connectivity index (χ1v) is 12.5. The predicted molar refractivity (Wildman–Crippen MR) is 141 cm³/mol. The molecule has 0 aliphatic carbocycles. The lowest BCUT2D eigenvalue weighted by Gasteiger charge is -2.20. The number of carbonyl (C=O) groups is 2. The molecule has 0 bridgehead atoms. The molecule has 3 atom stereocenters. The van der Waals surface area contributed by atoms with Crippen LogP contribution in [0, 0.1) is 11.8 Å². The van der Waals surface area contributed by atoms with E-state index < -0.39 is 11.9 Å². The largest absolute Gasteiger partial charge is 0.497 e. The number of thioether (sulfide) groups is 1. The van der Waals surface area contributed by atoms with Crippen molar-refractivity contribution in [2.45, 2.75) is 31.1 Å². The first-order valence-electron chi connectivity index (χ1n) is 11.7. The van der Waals surface area contributed by atoms with Crippen LogP contribution in [-0.4, -0.2) is 41.1 Å². The molecule has 0 amide bonds. The highest BCUT2D eigenvalue weighted by Gasteiger charge is 2.22. The quantitative estimate of drug-likeness (QED) is 0.334. The van der Waals surface area contributed by atoms with Crippen molar-refractivity contribution in [2.24, 2.45) is 16.8 Å². The van der Waals surface area contributed by atoms with Crippen molar-refractivity contribution in [3.63, 3.8) is 0 Å². The maximum Gasteiger partial charge on any atom is 0.319 e. The smallest absolute Gasteiger partial charge is 0.319 e. The molecule has 186 valence electrons. The number of hydrogen-bond acceptors (Lipinski definition) is 8. The number of ether oxygens (including phenoxy) is 2. The summed E-state index contributed by atoms with van der Waals surface area (Å²) in [6, 6.07) is 14.9. The van der Waals surface area contributed by atoms with Gasteiger partial charge in [-0.2, -0.15) is 0 Å². The number of aliphatic imine (C=N–C) groups is 1. The lowest BCUT2D eigenvalue weighted by molar-refractivity contribution is -0.136. The third-order valence-electron chi connectivity index (χ3n) is 6.22. The number of aromatic nitrogens is 1. The molecule has 0 radical (unpaired) electrons. The van der Waals surface area contributed by atoms with Crippen LogP contribution < -0.4 is 9.47 Å². The van der Waals surface area contributed by atoms with Crippen LogP contribution in [0.5, 0.6) is 11.6 Å². The Kier molecular flexibility index (Phi) is 8.18. The normalized spacial score (nSPS) is 17.9. The molecular weight excluding hydrogens is 476 g/mol. The molecule has 7 nitrogen and oxygen atoms in total. The van der Waals surface area contributed by atoms with Crippen molar-refractivity contribution in [3.8, 4) is 11.6 Å². The minimum absolute atomic E-state index is 0.0623. The van der Waals surface area contributed by atoms with Gasteiger partial charge in [-0.25, -0.2) is 4.98 Å². The number of carbonyl (C=O) groups excluding carboxylic acids is 2. The summed E-state index contributed by atoms with van der Waals surface area (Å²) in [4.78, 5) is 34.5. The Balaban J connectivity index is 1.37. The third-order valence-corrected chi connectivity index (χ3v) is 7.09. The van der Waals surface area contributed by atoms with Crippen molar-refractivity contribution >= 4 is 39.8 Å². The molecule has 0 saturated carbocycles. The van der Waals surface area contributed by atoms with E-state index >= 15 is 0 Å². The van der Waals surface area contributed by atoms with Gasteiger partial charge in [0, 0.05) is 30.0 Å². The first kappa shape index (κ1) is 25.6. The van der Waals surface area contributed by atoms with Crippen molar-refractivity contribution in [1.29, 1.82) is 0 Å². The number of hydrogen-bond donors (Lipinski definition) is 1.